The summed E-state index contributed by atoms with van der Waals surface area (Å²) in [7, 11) is 0. The Balaban J connectivity index is 2.48. The Morgan fingerprint density at radius 1 is 1.39 bits per heavy atom. The molecule has 1 aromatic carbocycles. The molecule has 0 aliphatic carbocycles. The second kappa shape index (κ2) is 6.87. The van der Waals surface area contributed by atoms with Crippen molar-refractivity contribution < 1.29 is 23.1 Å². The fourth-order valence-electron chi connectivity index (χ4n) is 1.24. The summed E-state index contributed by atoms with van der Waals surface area (Å²) in [4.78, 5) is 15.3. The second-order valence-corrected chi connectivity index (χ2v) is 3.54. The molecule has 7 heteroatoms. The van der Waals surface area contributed by atoms with Crippen LogP contribution in [0.5, 0.6) is 5.75 Å². The Hall–Kier alpha value is -1.73. The fourth-order valence-corrected chi connectivity index (χ4v) is 1.24. The van der Waals surface area contributed by atoms with Gasteiger partial charge in [0.05, 0.1) is 6.04 Å². The summed E-state index contributed by atoms with van der Waals surface area (Å²) in [5.41, 5.74) is 8.29. The van der Waals surface area contributed by atoms with Crippen molar-refractivity contribution in [1.29, 1.82) is 0 Å². The van der Waals surface area contributed by atoms with Crippen LogP contribution in [0.25, 0.3) is 0 Å². The molecule has 1 aromatic rings. The molecular formula is C11H14F2N2O3. The summed E-state index contributed by atoms with van der Waals surface area (Å²) >= 11 is 0. The van der Waals surface area contributed by atoms with E-state index in [-0.39, 0.29) is 18.4 Å². The Morgan fingerprint density at radius 3 is 2.50 bits per heavy atom. The topological polar surface area (TPSA) is 73.6 Å². The van der Waals surface area contributed by atoms with Crippen LogP contribution in [0, 0.1) is 0 Å². The quantitative estimate of drug-likeness (QED) is 0.726. The minimum Gasteiger partial charge on any atom is -0.435 e. The molecule has 0 heterocycles. The first kappa shape index (κ1) is 14.3. The first-order valence-corrected chi connectivity index (χ1v) is 5.19. The Labute approximate surface area is 103 Å². The summed E-state index contributed by atoms with van der Waals surface area (Å²) in [6, 6.07) is 5.86. The molecule has 0 aliphatic heterocycles. The molecule has 18 heavy (non-hydrogen) atoms. The molecule has 1 rings (SSSR count). The summed E-state index contributed by atoms with van der Waals surface area (Å²) in [5.74, 6) is -0.505. The number of hydrogen-bond acceptors (Lipinski definition) is 4. The van der Waals surface area contributed by atoms with Gasteiger partial charge in [-0.15, -0.1) is 0 Å². The number of nitrogens with two attached hydrogens (primary N) is 1. The maximum absolute atomic E-state index is 11.9. The standard InChI is InChI=1S/C11H14F2N2O3/c1-7(15-17-6-10(14)16)8-2-4-9(5-3-8)18-11(12)13/h2-5,7,11,15H,6H2,1H3,(H2,14,16). The van der Waals surface area contributed by atoms with E-state index < -0.39 is 12.5 Å². The molecule has 0 bridgehead atoms. The molecule has 0 saturated heterocycles. The van der Waals surface area contributed by atoms with Crippen molar-refractivity contribution >= 4 is 5.91 Å². The molecular weight excluding hydrogens is 246 g/mol. The number of halogens is 2. The third-order valence-corrected chi connectivity index (χ3v) is 2.08. The van der Waals surface area contributed by atoms with E-state index in [0.29, 0.717) is 0 Å². The van der Waals surface area contributed by atoms with Gasteiger partial charge in [0.1, 0.15) is 12.4 Å². The van der Waals surface area contributed by atoms with E-state index in [1.165, 1.54) is 12.1 Å². The maximum atomic E-state index is 11.9. The van der Waals surface area contributed by atoms with Gasteiger partial charge < -0.3 is 10.5 Å². The average Bonchev–Trinajstić information content (AvgIpc) is 2.28. The SMILES string of the molecule is CC(NOCC(N)=O)c1ccc(OC(F)F)cc1. The zero-order chi connectivity index (χ0) is 13.5. The monoisotopic (exact) mass is 260 g/mol. The highest BCUT2D eigenvalue weighted by Crippen LogP contribution is 2.18. The molecule has 5 nitrogen and oxygen atoms in total. The molecule has 1 amide bonds. The lowest BCUT2D eigenvalue weighted by Gasteiger charge is -2.14. The van der Waals surface area contributed by atoms with Crippen molar-refractivity contribution in [2.24, 2.45) is 5.73 Å². The van der Waals surface area contributed by atoms with E-state index in [9.17, 15) is 13.6 Å². The number of carbonyl (C=O) groups is 1. The van der Waals surface area contributed by atoms with Gasteiger partial charge in [-0.2, -0.15) is 14.3 Å². The number of amides is 1. The smallest absolute Gasteiger partial charge is 0.387 e. The molecule has 0 saturated carbocycles. The number of alkyl halides is 2. The van der Waals surface area contributed by atoms with Crippen LogP contribution in [-0.2, 0) is 9.63 Å². The third-order valence-electron chi connectivity index (χ3n) is 2.08. The molecule has 0 aromatic heterocycles. The van der Waals surface area contributed by atoms with Gasteiger partial charge in [0.25, 0.3) is 0 Å². The number of hydrogen-bond donors (Lipinski definition) is 2. The Kier molecular flexibility index (Phi) is 5.47. The van der Waals surface area contributed by atoms with Gasteiger partial charge in [-0.05, 0) is 24.6 Å². The molecule has 100 valence electrons. The molecule has 0 fully saturated rings. The third kappa shape index (κ3) is 5.07. The van der Waals surface area contributed by atoms with E-state index >= 15 is 0 Å². The van der Waals surface area contributed by atoms with Gasteiger partial charge in [0.2, 0.25) is 5.91 Å². The van der Waals surface area contributed by atoms with Crippen molar-refractivity contribution in [3.63, 3.8) is 0 Å². The lowest BCUT2D eigenvalue weighted by molar-refractivity contribution is -0.126. The van der Waals surface area contributed by atoms with Crippen LogP contribution in [0.15, 0.2) is 24.3 Å². The molecule has 3 N–H and O–H groups in total. The van der Waals surface area contributed by atoms with Crippen LogP contribution in [0.3, 0.4) is 0 Å². The number of benzene rings is 1. The van der Waals surface area contributed by atoms with E-state index in [0.717, 1.165) is 5.56 Å². The molecule has 0 aliphatic rings. The maximum Gasteiger partial charge on any atom is 0.387 e. The lowest BCUT2D eigenvalue weighted by atomic mass is 10.1. The lowest BCUT2D eigenvalue weighted by Crippen LogP contribution is -2.26. The van der Waals surface area contributed by atoms with Gasteiger partial charge in [0.15, 0.2) is 0 Å². The Morgan fingerprint density at radius 2 is 2.00 bits per heavy atom. The predicted molar refractivity (Wildman–Crippen MR) is 59.8 cm³/mol. The Bertz CT molecular complexity index is 384. The van der Waals surface area contributed by atoms with E-state index in [1.54, 1.807) is 19.1 Å². The van der Waals surface area contributed by atoms with Crippen LogP contribution in [0.1, 0.15) is 18.5 Å². The van der Waals surface area contributed by atoms with Gasteiger partial charge >= 0.3 is 6.61 Å². The van der Waals surface area contributed by atoms with E-state index in [4.69, 9.17) is 10.6 Å². The molecule has 0 spiro atoms. The summed E-state index contributed by atoms with van der Waals surface area (Å²) < 4.78 is 28.1. The van der Waals surface area contributed by atoms with Gasteiger partial charge in [0, 0.05) is 0 Å². The van der Waals surface area contributed by atoms with Crippen LogP contribution in [0.2, 0.25) is 0 Å². The normalized spacial score (nSPS) is 12.4. The van der Waals surface area contributed by atoms with Gasteiger partial charge in [-0.25, -0.2) is 0 Å². The highest BCUT2D eigenvalue weighted by molar-refractivity contribution is 5.74. The van der Waals surface area contributed by atoms with Crippen molar-refractivity contribution in [3.8, 4) is 5.75 Å². The molecule has 0 radical (unpaired) electrons. The minimum atomic E-state index is -2.84. The summed E-state index contributed by atoms with van der Waals surface area (Å²) in [5, 5.41) is 0. The number of ether oxygens (including phenoxy) is 1. The van der Waals surface area contributed by atoms with Crippen molar-refractivity contribution in [3.05, 3.63) is 29.8 Å². The number of carbonyl (C=O) groups excluding carboxylic acids is 1. The van der Waals surface area contributed by atoms with Crippen molar-refractivity contribution in [1.82, 2.24) is 5.48 Å². The highest BCUT2D eigenvalue weighted by Gasteiger charge is 2.08. The van der Waals surface area contributed by atoms with Crippen molar-refractivity contribution in [2.75, 3.05) is 6.61 Å². The number of hydroxylamine groups is 1. The summed E-state index contributed by atoms with van der Waals surface area (Å²) in [6.07, 6.45) is 0. The van der Waals surface area contributed by atoms with Crippen LogP contribution >= 0.6 is 0 Å². The predicted octanol–water partition coefficient (Wildman–Crippen LogP) is 1.36. The average molecular weight is 260 g/mol. The first-order chi connectivity index (χ1) is 8.49. The van der Waals surface area contributed by atoms with E-state index in [1.807, 2.05) is 0 Å². The summed E-state index contributed by atoms with van der Waals surface area (Å²) in [6.45, 7) is -1.30. The highest BCUT2D eigenvalue weighted by atomic mass is 19.3. The minimum absolute atomic E-state index is 0.0824. The number of nitrogens with one attached hydrogen (secondary N) is 1. The zero-order valence-electron chi connectivity index (χ0n) is 9.73. The number of rotatable bonds is 7. The van der Waals surface area contributed by atoms with E-state index in [2.05, 4.69) is 10.2 Å². The molecule has 1 unspecified atom stereocenters. The van der Waals surface area contributed by atoms with Crippen molar-refractivity contribution in [2.45, 2.75) is 19.6 Å². The second-order valence-electron chi connectivity index (χ2n) is 3.54. The largest absolute Gasteiger partial charge is 0.435 e. The van der Waals surface area contributed by atoms with Crippen LogP contribution < -0.4 is 16.0 Å². The van der Waals surface area contributed by atoms with Crippen LogP contribution in [-0.4, -0.2) is 19.1 Å². The number of primary amides is 1. The van der Waals surface area contributed by atoms with Gasteiger partial charge in [-0.1, -0.05) is 12.1 Å². The van der Waals surface area contributed by atoms with Gasteiger partial charge in [-0.3, -0.25) is 9.63 Å². The molecule has 1 atom stereocenters. The van der Waals surface area contributed by atoms with Crippen LogP contribution in [0.4, 0.5) is 8.78 Å². The fraction of sp³-hybridized carbons (Fsp3) is 0.364. The first-order valence-electron chi connectivity index (χ1n) is 5.19. The zero-order valence-corrected chi connectivity index (χ0v) is 9.73.